The molecule has 0 unspecified atom stereocenters. The molecule has 1 aromatic carbocycles. The first-order valence-electron chi connectivity index (χ1n) is 5.84. The predicted octanol–water partition coefficient (Wildman–Crippen LogP) is 4.38. The molecular formula is C13H9BrF3NO3. The summed E-state index contributed by atoms with van der Waals surface area (Å²) in [5.74, 6) is -1.84. The van der Waals surface area contributed by atoms with Crippen molar-refractivity contribution in [2.45, 2.75) is 19.5 Å². The molecule has 8 heteroatoms. The molecule has 4 nitrogen and oxygen atoms in total. The first-order chi connectivity index (χ1) is 9.74. The van der Waals surface area contributed by atoms with Crippen LogP contribution in [-0.4, -0.2) is 16.1 Å². The summed E-state index contributed by atoms with van der Waals surface area (Å²) < 4.78 is 43.6. The molecular weight excluding hydrogens is 355 g/mol. The summed E-state index contributed by atoms with van der Waals surface area (Å²) in [5, 5.41) is 8.98. The molecule has 0 aliphatic carbocycles. The number of nitrogens with zero attached hydrogens (tertiary/aromatic N) is 1. The SMILES string of the molecule is CCc1nc(-c2cc(C(F)(F)F)ccc2Br)oc1C(=O)O. The molecule has 0 saturated heterocycles. The third-order valence-corrected chi connectivity index (χ3v) is 3.44. The van der Waals surface area contributed by atoms with Crippen molar-refractivity contribution in [1.29, 1.82) is 0 Å². The van der Waals surface area contributed by atoms with Gasteiger partial charge in [0, 0.05) is 4.47 Å². The highest BCUT2D eigenvalue weighted by Crippen LogP contribution is 2.36. The fourth-order valence-electron chi connectivity index (χ4n) is 1.74. The topological polar surface area (TPSA) is 63.3 Å². The van der Waals surface area contributed by atoms with Gasteiger partial charge in [0.15, 0.2) is 0 Å². The zero-order chi connectivity index (χ0) is 15.8. The number of oxazole rings is 1. The van der Waals surface area contributed by atoms with E-state index >= 15 is 0 Å². The van der Waals surface area contributed by atoms with Crippen LogP contribution in [0.25, 0.3) is 11.5 Å². The Labute approximate surface area is 125 Å². The number of halogens is 4. The Bertz CT molecular complexity index is 694. The summed E-state index contributed by atoms with van der Waals surface area (Å²) in [5.41, 5.74) is -0.636. The third-order valence-electron chi connectivity index (χ3n) is 2.75. The molecule has 0 aliphatic rings. The van der Waals surface area contributed by atoms with Gasteiger partial charge in [-0.2, -0.15) is 13.2 Å². The van der Waals surface area contributed by atoms with Crippen molar-refractivity contribution >= 4 is 21.9 Å². The number of aromatic nitrogens is 1. The Kier molecular flexibility index (Phi) is 4.08. The average Bonchev–Trinajstić information content (AvgIpc) is 2.82. The van der Waals surface area contributed by atoms with Crippen LogP contribution < -0.4 is 0 Å². The van der Waals surface area contributed by atoms with Gasteiger partial charge in [-0.1, -0.05) is 6.92 Å². The number of alkyl halides is 3. The Balaban J connectivity index is 2.59. The lowest BCUT2D eigenvalue weighted by atomic mass is 10.1. The second-order valence-electron chi connectivity index (χ2n) is 4.15. The minimum absolute atomic E-state index is 0.0482. The van der Waals surface area contributed by atoms with E-state index in [1.807, 2.05) is 0 Å². The minimum Gasteiger partial charge on any atom is -0.475 e. The van der Waals surface area contributed by atoms with E-state index in [2.05, 4.69) is 20.9 Å². The van der Waals surface area contributed by atoms with Gasteiger partial charge >= 0.3 is 12.1 Å². The van der Waals surface area contributed by atoms with Gasteiger partial charge in [-0.25, -0.2) is 9.78 Å². The summed E-state index contributed by atoms with van der Waals surface area (Å²) in [4.78, 5) is 15.0. The van der Waals surface area contributed by atoms with Crippen molar-refractivity contribution < 1.29 is 27.5 Å². The van der Waals surface area contributed by atoms with Gasteiger partial charge in [0.05, 0.1) is 16.8 Å². The molecule has 1 aromatic heterocycles. The van der Waals surface area contributed by atoms with E-state index in [-0.39, 0.29) is 22.9 Å². The highest BCUT2D eigenvalue weighted by Gasteiger charge is 2.32. The number of aryl methyl sites for hydroxylation is 1. The quantitative estimate of drug-likeness (QED) is 0.878. The second-order valence-corrected chi connectivity index (χ2v) is 5.00. The molecule has 0 atom stereocenters. The maximum Gasteiger partial charge on any atom is 0.416 e. The minimum atomic E-state index is -4.51. The van der Waals surface area contributed by atoms with Gasteiger partial charge in [-0.3, -0.25) is 0 Å². The largest absolute Gasteiger partial charge is 0.475 e. The normalized spacial score (nSPS) is 11.7. The molecule has 2 aromatic rings. The van der Waals surface area contributed by atoms with Gasteiger partial charge in [-0.15, -0.1) is 0 Å². The van der Waals surface area contributed by atoms with Crippen LogP contribution in [0, 0.1) is 0 Å². The summed E-state index contributed by atoms with van der Waals surface area (Å²) in [7, 11) is 0. The van der Waals surface area contributed by atoms with Crippen LogP contribution in [0.1, 0.15) is 28.7 Å². The number of hydrogen-bond acceptors (Lipinski definition) is 3. The van der Waals surface area contributed by atoms with Crippen LogP contribution in [0.2, 0.25) is 0 Å². The molecule has 0 saturated carbocycles. The Morgan fingerprint density at radius 3 is 2.57 bits per heavy atom. The van der Waals surface area contributed by atoms with Gasteiger partial charge in [0.1, 0.15) is 0 Å². The van der Waals surface area contributed by atoms with E-state index < -0.39 is 17.7 Å². The molecule has 0 aliphatic heterocycles. The average molecular weight is 364 g/mol. The molecule has 2 rings (SSSR count). The highest BCUT2D eigenvalue weighted by molar-refractivity contribution is 9.10. The monoisotopic (exact) mass is 363 g/mol. The molecule has 0 bridgehead atoms. The number of rotatable bonds is 3. The van der Waals surface area contributed by atoms with Crippen molar-refractivity contribution in [1.82, 2.24) is 4.98 Å². The van der Waals surface area contributed by atoms with Crippen molar-refractivity contribution in [2.24, 2.45) is 0 Å². The number of carboxylic acid groups (broad SMARTS) is 1. The van der Waals surface area contributed by atoms with E-state index in [0.29, 0.717) is 10.9 Å². The number of hydrogen-bond donors (Lipinski definition) is 1. The Morgan fingerprint density at radius 1 is 1.43 bits per heavy atom. The van der Waals surface area contributed by atoms with Gasteiger partial charge < -0.3 is 9.52 Å². The molecule has 1 N–H and O–H groups in total. The molecule has 0 spiro atoms. The fourth-order valence-corrected chi connectivity index (χ4v) is 2.16. The smallest absolute Gasteiger partial charge is 0.416 e. The third kappa shape index (κ3) is 3.10. The summed E-state index contributed by atoms with van der Waals surface area (Å²) in [6, 6.07) is 2.99. The number of carboxylic acids is 1. The first-order valence-corrected chi connectivity index (χ1v) is 6.63. The van der Waals surface area contributed by atoms with Crippen molar-refractivity contribution in [2.75, 3.05) is 0 Å². The molecule has 21 heavy (non-hydrogen) atoms. The molecule has 1 heterocycles. The Hall–Kier alpha value is -1.83. The van der Waals surface area contributed by atoms with Gasteiger partial charge in [-0.05, 0) is 40.5 Å². The van der Waals surface area contributed by atoms with Crippen LogP contribution in [0.4, 0.5) is 13.2 Å². The molecule has 0 radical (unpaired) electrons. The molecule has 0 fully saturated rings. The van der Waals surface area contributed by atoms with Crippen LogP contribution in [0.5, 0.6) is 0 Å². The molecule has 0 amide bonds. The van der Waals surface area contributed by atoms with Crippen LogP contribution >= 0.6 is 15.9 Å². The summed E-state index contributed by atoms with van der Waals surface area (Å²) >= 11 is 3.11. The highest BCUT2D eigenvalue weighted by atomic mass is 79.9. The first kappa shape index (κ1) is 15.6. The number of aromatic carboxylic acids is 1. The lowest BCUT2D eigenvalue weighted by Gasteiger charge is -2.08. The van der Waals surface area contributed by atoms with Crippen molar-refractivity contribution in [3.05, 3.63) is 39.7 Å². The summed E-state index contributed by atoms with van der Waals surface area (Å²) in [6.07, 6.45) is -4.22. The molecule has 112 valence electrons. The van der Waals surface area contributed by atoms with Crippen LogP contribution in [-0.2, 0) is 12.6 Å². The number of benzene rings is 1. The Morgan fingerprint density at radius 2 is 2.10 bits per heavy atom. The lowest BCUT2D eigenvalue weighted by Crippen LogP contribution is -2.04. The van der Waals surface area contributed by atoms with Gasteiger partial charge in [0.2, 0.25) is 11.7 Å². The second kappa shape index (κ2) is 5.51. The van der Waals surface area contributed by atoms with Crippen molar-refractivity contribution in [3.8, 4) is 11.5 Å². The van der Waals surface area contributed by atoms with Crippen LogP contribution in [0.3, 0.4) is 0 Å². The van der Waals surface area contributed by atoms with E-state index in [9.17, 15) is 18.0 Å². The fraction of sp³-hybridized carbons (Fsp3) is 0.231. The van der Waals surface area contributed by atoms with E-state index in [1.54, 1.807) is 6.92 Å². The summed E-state index contributed by atoms with van der Waals surface area (Å²) in [6.45, 7) is 1.68. The van der Waals surface area contributed by atoms with E-state index in [0.717, 1.165) is 12.1 Å². The number of carbonyl (C=O) groups is 1. The standard InChI is InChI=1S/C13H9BrF3NO3/c1-2-9-10(12(19)20)21-11(18-9)7-5-6(13(15,16)17)3-4-8(7)14/h3-5H,2H2,1H3,(H,19,20). The maximum absolute atomic E-state index is 12.7. The predicted molar refractivity (Wildman–Crippen MR) is 71.0 cm³/mol. The maximum atomic E-state index is 12.7. The zero-order valence-corrected chi connectivity index (χ0v) is 12.2. The van der Waals surface area contributed by atoms with Crippen molar-refractivity contribution in [3.63, 3.8) is 0 Å². The van der Waals surface area contributed by atoms with E-state index in [1.165, 1.54) is 6.07 Å². The van der Waals surface area contributed by atoms with Crippen LogP contribution in [0.15, 0.2) is 27.1 Å². The zero-order valence-electron chi connectivity index (χ0n) is 10.7. The van der Waals surface area contributed by atoms with Gasteiger partial charge in [0.25, 0.3) is 0 Å². The van der Waals surface area contributed by atoms with E-state index in [4.69, 9.17) is 9.52 Å². The lowest BCUT2D eigenvalue weighted by molar-refractivity contribution is -0.137.